The van der Waals surface area contributed by atoms with Crippen LogP contribution in [0.2, 0.25) is 0 Å². The van der Waals surface area contributed by atoms with E-state index in [1.807, 2.05) is 17.7 Å². The van der Waals surface area contributed by atoms with Gasteiger partial charge in [0.25, 0.3) is 0 Å². The highest BCUT2D eigenvalue weighted by Gasteiger charge is 2.15. The third-order valence-corrected chi connectivity index (χ3v) is 3.05. The molecule has 0 bridgehead atoms. The monoisotopic (exact) mass is 296 g/mol. The molecule has 2 aromatic rings. The molecule has 0 fully saturated rings. The van der Waals surface area contributed by atoms with Crippen LogP contribution in [0.1, 0.15) is 32.5 Å². The van der Waals surface area contributed by atoms with Gasteiger partial charge in [0.15, 0.2) is 0 Å². The summed E-state index contributed by atoms with van der Waals surface area (Å²) >= 11 is 3.45. The van der Waals surface area contributed by atoms with Crippen molar-refractivity contribution in [3.05, 3.63) is 16.4 Å². The Balaban J connectivity index is 2.78. The highest BCUT2D eigenvalue weighted by Crippen LogP contribution is 2.29. The molecule has 2 heterocycles. The lowest BCUT2D eigenvalue weighted by molar-refractivity contribution is 0.547. The van der Waals surface area contributed by atoms with Crippen LogP contribution in [-0.4, -0.2) is 21.3 Å². The van der Waals surface area contributed by atoms with Crippen LogP contribution >= 0.6 is 15.9 Å². The smallest absolute Gasteiger partial charge is 0.115 e. The predicted molar refractivity (Wildman–Crippen MR) is 74.5 cm³/mol. The largest absolute Gasteiger partial charge is 0.383 e. The molecule has 2 rings (SSSR count). The van der Waals surface area contributed by atoms with Crippen LogP contribution in [0.15, 0.2) is 10.7 Å². The summed E-state index contributed by atoms with van der Waals surface area (Å²) < 4.78 is 2.87. The van der Waals surface area contributed by atoms with Crippen molar-refractivity contribution in [1.82, 2.24) is 14.8 Å². The summed E-state index contributed by atoms with van der Waals surface area (Å²) in [4.78, 5) is 4.51. The topological polar surface area (TPSA) is 42.7 Å². The summed E-state index contributed by atoms with van der Waals surface area (Å²) in [6.45, 7) is 9.22. The maximum atomic E-state index is 4.57. The van der Waals surface area contributed by atoms with Crippen molar-refractivity contribution in [3.8, 4) is 0 Å². The minimum absolute atomic E-state index is 0.326. The van der Waals surface area contributed by atoms with Gasteiger partial charge < -0.3 is 5.32 Å². The molecule has 5 heteroatoms. The molecule has 4 nitrogen and oxygen atoms in total. The van der Waals surface area contributed by atoms with Gasteiger partial charge in [0.1, 0.15) is 15.6 Å². The van der Waals surface area contributed by atoms with Crippen LogP contribution < -0.4 is 5.32 Å². The average molecular weight is 297 g/mol. The fourth-order valence-electron chi connectivity index (χ4n) is 1.95. The minimum atomic E-state index is 0.326. The van der Waals surface area contributed by atoms with Crippen molar-refractivity contribution in [3.63, 3.8) is 0 Å². The third-order valence-electron chi connectivity index (χ3n) is 2.65. The summed E-state index contributed by atoms with van der Waals surface area (Å²) in [5.41, 5.74) is 4.10. The van der Waals surface area contributed by atoms with Crippen LogP contribution in [0.5, 0.6) is 0 Å². The van der Waals surface area contributed by atoms with E-state index in [2.05, 4.69) is 52.1 Å². The number of nitrogens with zero attached hydrogens (tertiary/aromatic N) is 3. The summed E-state index contributed by atoms with van der Waals surface area (Å²) in [6, 6.07) is 2.33. The Bertz CT molecular complexity index is 545. The summed E-state index contributed by atoms with van der Waals surface area (Å²) in [7, 11) is 0. The van der Waals surface area contributed by atoms with E-state index in [1.54, 1.807) is 0 Å². The van der Waals surface area contributed by atoms with Crippen molar-refractivity contribution in [1.29, 1.82) is 0 Å². The molecule has 17 heavy (non-hydrogen) atoms. The molecule has 0 aliphatic rings. The lowest BCUT2D eigenvalue weighted by Crippen LogP contribution is -2.06. The number of pyridine rings is 1. The zero-order valence-corrected chi connectivity index (χ0v) is 12.2. The van der Waals surface area contributed by atoms with Gasteiger partial charge in [-0.05, 0) is 49.7 Å². The molecular formula is C12H17BrN4. The molecule has 0 unspecified atom stereocenters. The molecular weight excluding hydrogens is 280 g/mol. The second kappa shape index (κ2) is 4.64. The van der Waals surface area contributed by atoms with Gasteiger partial charge >= 0.3 is 0 Å². The van der Waals surface area contributed by atoms with Crippen LogP contribution in [0.4, 0.5) is 5.69 Å². The first-order chi connectivity index (χ1) is 8.04. The van der Waals surface area contributed by atoms with E-state index in [1.165, 1.54) is 0 Å². The van der Waals surface area contributed by atoms with E-state index in [-0.39, 0.29) is 0 Å². The molecule has 92 valence electrons. The maximum absolute atomic E-state index is 4.57. The standard InChI is InChI=1S/C12H17BrN4/c1-5-14-9-6-10(13)15-11-8(4)16-17(7(2)3)12(9)11/h6-7H,5H2,1-4H3,(H,14,15). The van der Waals surface area contributed by atoms with Crippen LogP contribution in [-0.2, 0) is 0 Å². The molecule has 0 saturated heterocycles. The predicted octanol–water partition coefficient (Wildman–Crippen LogP) is 3.51. The Kier molecular flexibility index (Phi) is 3.38. The zero-order valence-electron chi connectivity index (χ0n) is 10.6. The third kappa shape index (κ3) is 2.16. The lowest BCUT2D eigenvalue weighted by atomic mass is 10.2. The van der Waals surface area contributed by atoms with Gasteiger partial charge in [0.2, 0.25) is 0 Å². The highest BCUT2D eigenvalue weighted by molar-refractivity contribution is 9.10. The van der Waals surface area contributed by atoms with Crippen molar-refractivity contribution in [2.75, 3.05) is 11.9 Å². The van der Waals surface area contributed by atoms with Crippen LogP contribution in [0.25, 0.3) is 11.0 Å². The van der Waals surface area contributed by atoms with Crippen molar-refractivity contribution < 1.29 is 0 Å². The van der Waals surface area contributed by atoms with E-state index in [0.29, 0.717) is 6.04 Å². The minimum Gasteiger partial charge on any atom is -0.383 e. The first-order valence-corrected chi connectivity index (χ1v) is 6.63. The van der Waals surface area contributed by atoms with Gasteiger partial charge in [-0.1, -0.05) is 0 Å². The van der Waals surface area contributed by atoms with E-state index < -0.39 is 0 Å². The summed E-state index contributed by atoms with van der Waals surface area (Å²) in [5.74, 6) is 0. The van der Waals surface area contributed by atoms with Gasteiger partial charge in [0.05, 0.1) is 11.4 Å². The summed E-state index contributed by atoms with van der Waals surface area (Å²) in [6.07, 6.45) is 0. The fourth-order valence-corrected chi connectivity index (χ4v) is 2.36. The molecule has 0 aliphatic carbocycles. The molecule has 2 aromatic heterocycles. The van der Waals surface area contributed by atoms with Gasteiger partial charge in [0, 0.05) is 12.6 Å². The highest BCUT2D eigenvalue weighted by atomic mass is 79.9. The first kappa shape index (κ1) is 12.4. The SMILES string of the molecule is CCNc1cc(Br)nc2c(C)nn(C(C)C)c12. The van der Waals surface area contributed by atoms with Gasteiger partial charge in [-0.3, -0.25) is 4.68 Å². The van der Waals surface area contributed by atoms with E-state index in [0.717, 1.165) is 33.6 Å². The number of aromatic nitrogens is 3. The molecule has 0 spiro atoms. The molecule has 0 amide bonds. The molecule has 0 saturated carbocycles. The second-order valence-corrected chi connectivity index (χ2v) is 5.16. The molecule has 0 radical (unpaired) electrons. The normalized spacial score (nSPS) is 11.4. The Morgan fingerprint density at radius 2 is 2.18 bits per heavy atom. The van der Waals surface area contributed by atoms with Gasteiger partial charge in [-0.25, -0.2) is 4.98 Å². The number of hydrogen-bond acceptors (Lipinski definition) is 3. The number of hydrogen-bond donors (Lipinski definition) is 1. The number of fused-ring (bicyclic) bond motifs is 1. The number of nitrogens with one attached hydrogen (secondary N) is 1. The first-order valence-electron chi connectivity index (χ1n) is 5.83. The van der Waals surface area contributed by atoms with Crippen LogP contribution in [0, 0.1) is 6.92 Å². The van der Waals surface area contributed by atoms with Crippen molar-refractivity contribution in [2.45, 2.75) is 33.7 Å². The van der Waals surface area contributed by atoms with Crippen LogP contribution in [0.3, 0.4) is 0 Å². The number of aryl methyl sites for hydroxylation is 1. The van der Waals surface area contributed by atoms with Gasteiger partial charge in [-0.15, -0.1) is 0 Å². The Morgan fingerprint density at radius 1 is 1.47 bits per heavy atom. The number of rotatable bonds is 3. The quantitative estimate of drug-likeness (QED) is 0.882. The van der Waals surface area contributed by atoms with E-state index in [9.17, 15) is 0 Å². The Hall–Kier alpha value is -1.10. The zero-order chi connectivity index (χ0) is 12.6. The molecule has 0 atom stereocenters. The molecule has 0 aliphatic heterocycles. The number of anilines is 1. The second-order valence-electron chi connectivity index (χ2n) is 4.34. The number of halogens is 1. The van der Waals surface area contributed by atoms with Crippen molar-refractivity contribution >= 4 is 32.7 Å². The molecule has 1 N–H and O–H groups in total. The van der Waals surface area contributed by atoms with E-state index >= 15 is 0 Å². The maximum Gasteiger partial charge on any atom is 0.115 e. The summed E-state index contributed by atoms with van der Waals surface area (Å²) in [5, 5.41) is 7.94. The van der Waals surface area contributed by atoms with Gasteiger partial charge in [-0.2, -0.15) is 5.10 Å². The Morgan fingerprint density at radius 3 is 2.76 bits per heavy atom. The van der Waals surface area contributed by atoms with Crippen molar-refractivity contribution in [2.24, 2.45) is 0 Å². The van der Waals surface area contributed by atoms with E-state index in [4.69, 9.17) is 0 Å². The lowest BCUT2D eigenvalue weighted by Gasteiger charge is -2.11. The molecule has 0 aromatic carbocycles. The Labute approximate surface area is 110 Å². The fraction of sp³-hybridized carbons (Fsp3) is 0.500. The average Bonchev–Trinajstić information content (AvgIpc) is 2.57.